The van der Waals surface area contributed by atoms with Gasteiger partial charge in [0.1, 0.15) is 5.82 Å². The molecule has 0 amide bonds. The van der Waals surface area contributed by atoms with Gasteiger partial charge in [0.2, 0.25) is 6.79 Å². The maximum atomic E-state index is 13.2. The molecule has 2 N–H and O–H groups in total. The van der Waals surface area contributed by atoms with Crippen LogP contribution in [-0.4, -0.2) is 17.0 Å². The lowest BCUT2D eigenvalue weighted by molar-refractivity contribution is 0.174. The van der Waals surface area contributed by atoms with Crippen LogP contribution in [0.5, 0.6) is 11.5 Å². The van der Waals surface area contributed by atoms with E-state index in [1.165, 1.54) is 12.1 Å². The Hall–Kier alpha value is -2.86. The van der Waals surface area contributed by atoms with Crippen LogP contribution in [0.4, 0.5) is 4.39 Å². The molecule has 4 rings (SSSR count). The number of H-pyrrole nitrogens is 1. The summed E-state index contributed by atoms with van der Waals surface area (Å²) in [5.41, 5.74) is 3.85. The predicted octanol–water partition coefficient (Wildman–Crippen LogP) is 3.23. The van der Waals surface area contributed by atoms with Crippen molar-refractivity contribution in [1.29, 1.82) is 0 Å². The van der Waals surface area contributed by atoms with Crippen LogP contribution in [0.1, 0.15) is 11.1 Å². The summed E-state index contributed by atoms with van der Waals surface area (Å²) < 4.78 is 24.0. The number of aromatic nitrogens is 2. The Labute approximate surface area is 138 Å². The highest BCUT2D eigenvalue weighted by Crippen LogP contribution is 2.36. The zero-order valence-corrected chi connectivity index (χ0v) is 12.9. The van der Waals surface area contributed by atoms with Gasteiger partial charge in [0.15, 0.2) is 11.5 Å². The summed E-state index contributed by atoms with van der Waals surface area (Å²) in [5.74, 6) is 1.27. The zero-order chi connectivity index (χ0) is 16.4. The minimum atomic E-state index is -0.223. The maximum Gasteiger partial charge on any atom is 0.231 e. The quantitative estimate of drug-likeness (QED) is 0.756. The third-order valence-electron chi connectivity index (χ3n) is 3.91. The SMILES string of the molecule is Fc1cccc(CNCc2cn[nH]c2-c2ccc3c(c2)OCO3)c1. The molecule has 0 saturated heterocycles. The Kier molecular flexibility index (Phi) is 3.88. The van der Waals surface area contributed by atoms with Crippen molar-refractivity contribution in [1.82, 2.24) is 15.5 Å². The maximum absolute atomic E-state index is 13.2. The van der Waals surface area contributed by atoms with Gasteiger partial charge in [-0.3, -0.25) is 5.10 Å². The van der Waals surface area contributed by atoms with Gasteiger partial charge in [-0.05, 0) is 35.9 Å². The zero-order valence-electron chi connectivity index (χ0n) is 12.9. The molecule has 0 spiro atoms. The fourth-order valence-electron chi connectivity index (χ4n) is 2.74. The third kappa shape index (κ3) is 2.96. The average molecular weight is 325 g/mol. The number of rotatable bonds is 5. The summed E-state index contributed by atoms with van der Waals surface area (Å²) in [6.07, 6.45) is 1.79. The topological polar surface area (TPSA) is 59.2 Å². The minimum absolute atomic E-state index is 0.223. The second kappa shape index (κ2) is 6.33. The Morgan fingerprint density at radius 3 is 2.92 bits per heavy atom. The molecule has 1 aliphatic heterocycles. The molecule has 3 aromatic rings. The highest BCUT2D eigenvalue weighted by atomic mass is 19.1. The summed E-state index contributed by atoms with van der Waals surface area (Å²) in [6.45, 7) is 1.46. The van der Waals surface area contributed by atoms with E-state index >= 15 is 0 Å². The summed E-state index contributed by atoms with van der Waals surface area (Å²) in [6, 6.07) is 12.4. The van der Waals surface area contributed by atoms with Crippen molar-refractivity contribution in [3.8, 4) is 22.8 Å². The van der Waals surface area contributed by atoms with Gasteiger partial charge in [0, 0.05) is 24.2 Å². The van der Waals surface area contributed by atoms with E-state index in [-0.39, 0.29) is 12.6 Å². The molecule has 0 fully saturated rings. The first-order valence-electron chi connectivity index (χ1n) is 7.67. The number of hydrogen-bond acceptors (Lipinski definition) is 4. The van der Waals surface area contributed by atoms with E-state index in [1.807, 2.05) is 24.3 Å². The van der Waals surface area contributed by atoms with Gasteiger partial charge in [0.25, 0.3) is 0 Å². The molecule has 0 radical (unpaired) electrons. The molecule has 5 nitrogen and oxygen atoms in total. The Bertz CT molecular complexity index is 863. The monoisotopic (exact) mass is 325 g/mol. The van der Waals surface area contributed by atoms with Crippen molar-refractivity contribution in [2.75, 3.05) is 6.79 Å². The summed E-state index contributed by atoms with van der Waals surface area (Å²) >= 11 is 0. The molecule has 2 heterocycles. The number of hydrogen-bond donors (Lipinski definition) is 2. The van der Waals surface area contributed by atoms with Gasteiger partial charge < -0.3 is 14.8 Å². The van der Waals surface area contributed by atoms with Gasteiger partial charge >= 0.3 is 0 Å². The normalized spacial score (nSPS) is 12.5. The van der Waals surface area contributed by atoms with E-state index in [1.54, 1.807) is 12.3 Å². The van der Waals surface area contributed by atoms with Crippen molar-refractivity contribution >= 4 is 0 Å². The van der Waals surface area contributed by atoms with Crippen molar-refractivity contribution in [3.05, 3.63) is 65.6 Å². The first kappa shape index (κ1) is 14.7. The van der Waals surface area contributed by atoms with Crippen LogP contribution in [0.3, 0.4) is 0 Å². The average Bonchev–Trinajstić information content (AvgIpc) is 3.23. The van der Waals surface area contributed by atoms with Gasteiger partial charge in [0.05, 0.1) is 11.9 Å². The summed E-state index contributed by atoms with van der Waals surface area (Å²) in [7, 11) is 0. The van der Waals surface area contributed by atoms with E-state index in [0.717, 1.165) is 33.9 Å². The van der Waals surface area contributed by atoms with E-state index < -0.39 is 0 Å². The molecule has 1 aromatic heterocycles. The lowest BCUT2D eigenvalue weighted by Gasteiger charge is -2.07. The molecule has 122 valence electrons. The molecule has 1 aliphatic rings. The molecular formula is C18H16FN3O2. The Morgan fingerprint density at radius 1 is 1.08 bits per heavy atom. The van der Waals surface area contributed by atoms with E-state index in [4.69, 9.17) is 9.47 Å². The van der Waals surface area contributed by atoms with Crippen LogP contribution < -0.4 is 14.8 Å². The fourth-order valence-corrected chi connectivity index (χ4v) is 2.74. The number of aromatic amines is 1. The number of ether oxygens (including phenoxy) is 2. The van der Waals surface area contributed by atoms with Gasteiger partial charge in [-0.2, -0.15) is 5.10 Å². The number of fused-ring (bicyclic) bond motifs is 1. The molecule has 0 atom stereocenters. The number of benzene rings is 2. The van der Waals surface area contributed by atoms with Crippen LogP contribution in [0.2, 0.25) is 0 Å². The summed E-state index contributed by atoms with van der Waals surface area (Å²) in [4.78, 5) is 0. The Balaban J connectivity index is 1.47. The smallest absolute Gasteiger partial charge is 0.231 e. The lowest BCUT2D eigenvalue weighted by Crippen LogP contribution is -2.13. The molecule has 2 aromatic carbocycles. The predicted molar refractivity (Wildman–Crippen MR) is 87.1 cm³/mol. The van der Waals surface area contributed by atoms with E-state index in [9.17, 15) is 4.39 Å². The molecule has 0 unspecified atom stereocenters. The molecular weight excluding hydrogens is 309 g/mol. The largest absolute Gasteiger partial charge is 0.454 e. The first-order chi connectivity index (χ1) is 11.8. The molecule has 0 saturated carbocycles. The second-order valence-corrected chi connectivity index (χ2v) is 5.57. The standard InChI is InChI=1S/C18H16FN3O2/c19-15-3-1-2-12(6-15)8-20-9-14-10-21-22-18(14)13-4-5-16-17(7-13)24-11-23-16/h1-7,10,20H,8-9,11H2,(H,21,22). The highest BCUT2D eigenvalue weighted by molar-refractivity contribution is 5.66. The van der Waals surface area contributed by atoms with Gasteiger partial charge in [-0.25, -0.2) is 4.39 Å². The molecule has 0 aliphatic carbocycles. The second-order valence-electron chi connectivity index (χ2n) is 5.57. The van der Waals surface area contributed by atoms with Crippen molar-refractivity contribution in [3.63, 3.8) is 0 Å². The number of halogens is 1. The highest BCUT2D eigenvalue weighted by Gasteiger charge is 2.16. The van der Waals surface area contributed by atoms with Crippen LogP contribution in [0.25, 0.3) is 11.3 Å². The van der Waals surface area contributed by atoms with Crippen LogP contribution in [0, 0.1) is 5.82 Å². The van der Waals surface area contributed by atoms with Crippen molar-refractivity contribution in [2.24, 2.45) is 0 Å². The van der Waals surface area contributed by atoms with Gasteiger partial charge in [-0.15, -0.1) is 0 Å². The third-order valence-corrected chi connectivity index (χ3v) is 3.91. The van der Waals surface area contributed by atoms with Crippen LogP contribution >= 0.6 is 0 Å². The number of nitrogens with zero attached hydrogens (tertiary/aromatic N) is 1. The van der Waals surface area contributed by atoms with Crippen LogP contribution in [0.15, 0.2) is 48.7 Å². The number of nitrogens with one attached hydrogen (secondary N) is 2. The van der Waals surface area contributed by atoms with Crippen molar-refractivity contribution < 1.29 is 13.9 Å². The first-order valence-corrected chi connectivity index (χ1v) is 7.67. The van der Waals surface area contributed by atoms with Crippen molar-refractivity contribution in [2.45, 2.75) is 13.1 Å². The molecule has 24 heavy (non-hydrogen) atoms. The Morgan fingerprint density at radius 2 is 2.00 bits per heavy atom. The molecule has 0 bridgehead atoms. The van der Waals surface area contributed by atoms with E-state index in [2.05, 4.69) is 15.5 Å². The minimum Gasteiger partial charge on any atom is -0.454 e. The fraction of sp³-hybridized carbons (Fsp3) is 0.167. The van der Waals surface area contributed by atoms with E-state index in [0.29, 0.717) is 13.1 Å². The molecule has 6 heteroatoms. The van der Waals surface area contributed by atoms with Crippen LogP contribution in [-0.2, 0) is 13.1 Å². The van der Waals surface area contributed by atoms with Gasteiger partial charge in [-0.1, -0.05) is 12.1 Å². The lowest BCUT2D eigenvalue weighted by atomic mass is 10.1. The summed E-state index contributed by atoms with van der Waals surface area (Å²) in [5, 5.41) is 10.5.